The fraction of sp³-hybridized carbons (Fsp3) is 0.278. The van der Waals surface area contributed by atoms with Crippen LogP contribution in [0.4, 0.5) is 15.2 Å². The second-order valence-corrected chi connectivity index (χ2v) is 9.24. The predicted octanol–water partition coefficient (Wildman–Crippen LogP) is 4.94. The molecule has 3 heterocycles. The number of hydrogen-bond donors (Lipinski definition) is 1. The van der Waals surface area contributed by atoms with Crippen molar-refractivity contribution in [3.63, 3.8) is 0 Å². The second kappa shape index (κ2) is 8.37. The fourth-order valence-corrected chi connectivity index (χ4v) is 5.59. The molecule has 1 amide bonds. The number of likely N-dealkylation sites (tertiary alicyclic amines) is 1. The summed E-state index contributed by atoms with van der Waals surface area (Å²) in [6.07, 6.45) is 2.07. The summed E-state index contributed by atoms with van der Waals surface area (Å²) < 4.78 is 14.0. The van der Waals surface area contributed by atoms with E-state index in [1.54, 1.807) is 23.5 Å². The Morgan fingerprint density at radius 3 is 3.07 bits per heavy atom. The standard InChI is InChI=1S/C18H17FN4OS3/c19-12-4-1-5-13(10-12)20-17-21-22-18(27-17)26-11-16(24)23-8-2-6-14(23)15-7-3-9-25-15/h1,3-5,7,9-10,14H,2,6,8,11H2,(H,20,21)/t14-/m1/s1. The summed E-state index contributed by atoms with van der Waals surface area (Å²) in [4.78, 5) is 15.9. The SMILES string of the molecule is O=C(CSc1nnc(Nc2cccc(F)c2)s1)N1CCC[C@@H]1c1cccs1. The molecule has 0 unspecified atom stereocenters. The molecule has 1 saturated heterocycles. The molecule has 0 radical (unpaired) electrons. The van der Waals surface area contributed by atoms with E-state index in [1.165, 1.54) is 40.1 Å². The molecule has 0 bridgehead atoms. The molecule has 9 heteroatoms. The molecule has 1 fully saturated rings. The molecule has 140 valence electrons. The predicted molar refractivity (Wildman–Crippen MR) is 108 cm³/mol. The highest BCUT2D eigenvalue weighted by Gasteiger charge is 2.30. The molecule has 1 aliphatic heterocycles. The van der Waals surface area contributed by atoms with Crippen molar-refractivity contribution in [1.29, 1.82) is 0 Å². The van der Waals surface area contributed by atoms with Crippen LogP contribution < -0.4 is 5.32 Å². The van der Waals surface area contributed by atoms with Gasteiger partial charge in [0, 0.05) is 17.1 Å². The van der Waals surface area contributed by atoms with E-state index in [1.807, 2.05) is 11.0 Å². The van der Waals surface area contributed by atoms with E-state index in [2.05, 4.69) is 27.0 Å². The Labute approximate surface area is 168 Å². The third kappa shape index (κ3) is 4.48. The smallest absolute Gasteiger partial charge is 0.233 e. The monoisotopic (exact) mass is 420 g/mol. The van der Waals surface area contributed by atoms with Crippen molar-refractivity contribution in [3.8, 4) is 0 Å². The van der Waals surface area contributed by atoms with Crippen LogP contribution in [0.1, 0.15) is 23.8 Å². The first-order chi connectivity index (χ1) is 13.2. The third-order valence-electron chi connectivity index (χ3n) is 4.25. The van der Waals surface area contributed by atoms with Gasteiger partial charge in [-0.1, -0.05) is 35.2 Å². The molecule has 3 aromatic rings. The van der Waals surface area contributed by atoms with Gasteiger partial charge in [-0.15, -0.1) is 21.5 Å². The lowest BCUT2D eigenvalue weighted by Crippen LogP contribution is -2.31. The minimum Gasteiger partial charge on any atom is -0.334 e. The normalized spacial score (nSPS) is 16.6. The molecule has 27 heavy (non-hydrogen) atoms. The van der Waals surface area contributed by atoms with Gasteiger partial charge in [-0.25, -0.2) is 4.39 Å². The van der Waals surface area contributed by atoms with E-state index in [9.17, 15) is 9.18 Å². The Morgan fingerprint density at radius 2 is 2.26 bits per heavy atom. The lowest BCUT2D eigenvalue weighted by atomic mass is 10.2. The molecule has 0 saturated carbocycles. The third-order valence-corrected chi connectivity index (χ3v) is 7.18. The summed E-state index contributed by atoms with van der Waals surface area (Å²) in [5.74, 6) is 0.164. The van der Waals surface area contributed by atoms with Crippen molar-refractivity contribution in [2.24, 2.45) is 0 Å². The topological polar surface area (TPSA) is 58.1 Å². The first kappa shape index (κ1) is 18.4. The summed E-state index contributed by atoms with van der Waals surface area (Å²) in [5.41, 5.74) is 0.620. The van der Waals surface area contributed by atoms with Gasteiger partial charge in [0.1, 0.15) is 5.82 Å². The highest BCUT2D eigenvalue weighted by Crippen LogP contribution is 2.35. The van der Waals surface area contributed by atoms with Crippen molar-refractivity contribution in [3.05, 3.63) is 52.5 Å². The Hall–Kier alpha value is -1.97. The maximum Gasteiger partial charge on any atom is 0.233 e. The summed E-state index contributed by atoms with van der Waals surface area (Å²) in [5, 5.41) is 13.8. The van der Waals surface area contributed by atoms with Gasteiger partial charge < -0.3 is 10.2 Å². The molecule has 1 atom stereocenters. The molecule has 2 aromatic heterocycles. The average Bonchev–Trinajstić information content (AvgIpc) is 3.40. The van der Waals surface area contributed by atoms with Crippen LogP contribution >= 0.6 is 34.4 Å². The Kier molecular flexibility index (Phi) is 5.70. The van der Waals surface area contributed by atoms with E-state index in [-0.39, 0.29) is 17.8 Å². The Balaban J connectivity index is 1.33. The molecule has 1 aromatic carbocycles. The van der Waals surface area contributed by atoms with E-state index in [4.69, 9.17) is 0 Å². The van der Waals surface area contributed by atoms with Gasteiger partial charge in [-0.05, 0) is 42.5 Å². The second-order valence-electron chi connectivity index (χ2n) is 6.06. The number of hydrogen-bond acceptors (Lipinski definition) is 7. The molecule has 1 N–H and O–H groups in total. The number of thioether (sulfide) groups is 1. The molecular weight excluding hydrogens is 403 g/mol. The van der Waals surface area contributed by atoms with Crippen LogP contribution in [-0.4, -0.2) is 33.3 Å². The van der Waals surface area contributed by atoms with Gasteiger partial charge >= 0.3 is 0 Å². The maximum absolute atomic E-state index is 13.2. The summed E-state index contributed by atoms with van der Waals surface area (Å²) in [7, 11) is 0. The van der Waals surface area contributed by atoms with E-state index in [0.717, 1.165) is 19.4 Å². The van der Waals surface area contributed by atoms with Gasteiger partial charge in [0.15, 0.2) is 4.34 Å². The molecular formula is C18H17FN4OS3. The van der Waals surface area contributed by atoms with Gasteiger partial charge in [0.05, 0.1) is 11.8 Å². The zero-order valence-electron chi connectivity index (χ0n) is 14.3. The van der Waals surface area contributed by atoms with Crippen LogP contribution in [0.25, 0.3) is 0 Å². The Morgan fingerprint density at radius 1 is 1.33 bits per heavy atom. The van der Waals surface area contributed by atoms with E-state index >= 15 is 0 Å². The van der Waals surface area contributed by atoms with Crippen LogP contribution in [0.15, 0.2) is 46.1 Å². The highest BCUT2D eigenvalue weighted by atomic mass is 32.2. The highest BCUT2D eigenvalue weighted by molar-refractivity contribution is 8.01. The number of thiophene rings is 1. The van der Waals surface area contributed by atoms with Crippen LogP contribution in [0.3, 0.4) is 0 Å². The van der Waals surface area contributed by atoms with Crippen LogP contribution in [0, 0.1) is 5.82 Å². The summed E-state index contributed by atoms with van der Waals surface area (Å²) >= 11 is 4.45. The first-order valence-corrected chi connectivity index (χ1v) is 11.2. The fourth-order valence-electron chi connectivity index (χ4n) is 3.06. The summed E-state index contributed by atoms with van der Waals surface area (Å²) in [6, 6.07) is 10.5. The molecule has 5 nitrogen and oxygen atoms in total. The van der Waals surface area contributed by atoms with Crippen LogP contribution in [0.2, 0.25) is 0 Å². The number of nitrogens with zero attached hydrogens (tertiary/aromatic N) is 3. The van der Waals surface area contributed by atoms with E-state index < -0.39 is 0 Å². The lowest BCUT2D eigenvalue weighted by Gasteiger charge is -2.23. The molecule has 4 rings (SSSR count). The van der Waals surface area contributed by atoms with Gasteiger partial charge in [-0.2, -0.15) is 0 Å². The van der Waals surface area contributed by atoms with Crippen molar-refractivity contribution >= 4 is 51.2 Å². The number of amides is 1. The first-order valence-electron chi connectivity index (χ1n) is 8.51. The van der Waals surface area contributed by atoms with Gasteiger partial charge in [0.25, 0.3) is 0 Å². The van der Waals surface area contributed by atoms with Crippen LogP contribution in [-0.2, 0) is 4.79 Å². The number of carbonyl (C=O) groups is 1. The number of rotatable bonds is 6. The lowest BCUT2D eigenvalue weighted by molar-refractivity contribution is -0.129. The zero-order chi connectivity index (χ0) is 18.6. The number of carbonyl (C=O) groups excluding carboxylic acids is 1. The summed E-state index contributed by atoms with van der Waals surface area (Å²) in [6.45, 7) is 0.810. The van der Waals surface area contributed by atoms with Gasteiger partial charge in [-0.3, -0.25) is 4.79 Å². The van der Waals surface area contributed by atoms with Crippen molar-refractivity contribution < 1.29 is 9.18 Å². The van der Waals surface area contributed by atoms with Gasteiger partial charge in [0.2, 0.25) is 11.0 Å². The number of nitrogens with one attached hydrogen (secondary N) is 1. The van der Waals surface area contributed by atoms with Crippen molar-refractivity contribution in [2.45, 2.75) is 23.2 Å². The average molecular weight is 421 g/mol. The minimum absolute atomic E-state index is 0.130. The number of aromatic nitrogens is 2. The quantitative estimate of drug-likeness (QED) is 0.573. The largest absolute Gasteiger partial charge is 0.334 e. The zero-order valence-corrected chi connectivity index (χ0v) is 16.7. The maximum atomic E-state index is 13.2. The number of benzene rings is 1. The van der Waals surface area contributed by atoms with Crippen molar-refractivity contribution in [1.82, 2.24) is 15.1 Å². The van der Waals surface area contributed by atoms with E-state index in [0.29, 0.717) is 20.9 Å². The number of anilines is 2. The van der Waals surface area contributed by atoms with Crippen molar-refractivity contribution in [2.75, 3.05) is 17.6 Å². The Bertz CT molecular complexity index is 915. The molecule has 1 aliphatic rings. The molecule has 0 aliphatic carbocycles. The van der Waals surface area contributed by atoms with Crippen LogP contribution in [0.5, 0.6) is 0 Å². The minimum atomic E-state index is -0.310. The number of halogens is 1. The molecule has 0 spiro atoms.